The Balaban J connectivity index is 2.17. The average Bonchev–Trinajstić information content (AvgIpc) is 2.84. The molecule has 2 rings (SSSR count). The monoisotopic (exact) mass is 306 g/mol. The van der Waals surface area contributed by atoms with Crippen LogP contribution in [0.25, 0.3) is 0 Å². The summed E-state index contributed by atoms with van der Waals surface area (Å²) < 4.78 is 39.2. The number of hydrogen-bond acceptors (Lipinski definition) is 2. The molecular weight excluding hydrogens is 289 g/mol. The predicted molar refractivity (Wildman–Crippen MR) is 75.4 cm³/mol. The maximum atomic E-state index is 13.1. The maximum absolute atomic E-state index is 13.1. The van der Waals surface area contributed by atoms with Gasteiger partial charge >= 0.3 is 6.18 Å². The number of halogens is 4. The van der Waals surface area contributed by atoms with E-state index in [9.17, 15) is 13.2 Å². The minimum absolute atomic E-state index is 0.112. The van der Waals surface area contributed by atoms with Gasteiger partial charge in [0, 0.05) is 29.8 Å². The van der Waals surface area contributed by atoms with Crippen LogP contribution in [0.5, 0.6) is 0 Å². The van der Waals surface area contributed by atoms with Crippen molar-refractivity contribution in [3.63, 3.8) is 0 Å². The third kappa shape index (κ3) is 3.58. The zero-order chi connectivity index (χ0) is 14.8. The maximum Gasteiger partial charge on any atom is 0.418 e. The van der Waals surface area contributed by atoms with E-state index >= 15 is 0 Å². The van der Waals surface area contributed by atoms with Crippen molar-refractivity contribution < 1.29 is 13.2 Å². The summed E-state index contributed by atoms with van der Waals surface area (Å²) in [4.78, 5) is 1.78. The second-order valence-corrected chi connectivity index (χ2v) is 5.48. The summed E-state index contributed by atoms with van der Waals surface area (Å²) in [6, 6.07) is 4.24. The van der Waals surface area contributed by atoms with Crippen LogP contribution in [0.15, 0.2) is 18.2 Å². The molecule has 1 saturated heterocycles. The second kappa shape index (κ2) is 6.22. The number of nitrogens with one attached hydrogen (secondary N) is 1. The molecule has 0 aromatic heterocycles. The molecule has 112 valence electrons. The smallest absolute Gasteiger partial charge is 0.369 e. The van der Waals surface area contributed by atoms with Gasteiger partial charge in [0.2, 0.25) is 0 Å². The lowest BCUT2D eigenvalue weighted by molar-refractivity contribution is -0.137. The molecule has 1 heterocycles. The molecule has 0 bridgehead atoms. The number of rotatable bonds is 4. The van der Waals surface area contributed by atoms with Crippen LogP contribution in [0.1, 0.15) is 25.3 Å². The van der Waals surface area contributed by atoms with E-state index in [1.54, 1.807) is 4.90 Å². The van der Waals surface area contributed by atoms with Crippen LogP contribution in [-0.2, 0) is 6.18 Å². The molecule has 1 aliphatic rings. The number of alkyl halides is 3. The fourth-order valence-electron chi connectivity index (χ4n) is 2.51. The van der Waals surface area contributed by atoms with Crippen LogP contribution in [0.3, 0.4) is 0 Å². The third-order valence-electron chi connectivity index (χ3n) is 3.48. The van der Waals surface area contributed by atoms with E-state index in [0.29, 0.717) is 13.1 Å². The number of anilines is 1. The van der Waals surface area contributed by atoms with Gasteiger partial charge in [-0.3, -0.25) is 0 Å². The standard InChI is InChI=1S/C14H18ClF3N2/c1-2-6-19-11-5-7-20(9-11)13-4-3-10(15)8-12(13)14(16,17)18/h3-4,8,11,19H,2,5-7,9H2,1H3. The van der Waals surface area contributed by atoms with Crippen molar-refractivity contribution in [1.82, 2.24) is 5.32 Å². The Hall–Kier alpha value is -0.940. The lowest BCUT2D eigenvalue weighted by Crippen LogP contribution is -2.33. The van der Waals surface area contributed by atoms with Crippen molar-refractivity contribution in [3.8, 4) is 0 Å². The third-order valence-corrected chi connectivity index (χ3v) is 3.71. The molecule has 1 atom stereocenters. The van der Waals surface area contributed by atoms with Gasteiger partial charge in [0.05, 0.1) is 5.56 Å². The van der Waals surface area contributed by atoms with Crippen molar-refractivity contribution in [2.24, 2.45) is 0 Å². The van der Waals surface area contributed by atoms with E-state index in [2.05, 4.69) is 12.2 Å². The summed E-state index contributed by atoms with van der Waals surface area (Å²) in [6.07, 6.45) is -2.50. The molecule has 2 nitrogen and oxygen atoms in total. The highest BCUT2D eigenvalue weighted by Crippen LogP contribution is 2.39. The Labute approximate surface area is 121 Å². The normalized spacial score (nSPS) is 19.6. The molecule has 1 N–H and O–H groups in total. The summed E-state index contributed by atoms with van der Waals surface area (Å²) in [7, 11) is 0. The topological polar surface area (TPSA) is 15.3 Å². The van der Waals surface area contributed by atoms with E-state index in [1.807, 2.05) is 0 Å². The van der Waals surface area contributed by atoms with Crippen molar-refractivity contribution >= 4 is 17.3 Å². The molecule has 1 fully saturated rings. The lowest BCUT2D eigenvalue weighted by atomic mass is 10.1. The van der Waals surface area contributed by atoms with Crippen LogP contribution >= 0.6 is 11.6 Å². The summed E-state index contributed by atoms with van der Waals surface area (Å²) in [5.74, 6) is 0. The first-order valence-corrected chi connectivity index (χ1v) is 7.14. The fraction of sp³-hybridized carbons (Fsp3) is 0.571. The van der Waals surface area contributed by atoms with Gasteiger partial charge in [-0.25, -0.2) is 0 Å². The molecule has 1 aromatic rings. The Kier molecular flexibility index (Phi) is 4.81. The van der Waals surface area contributed by atoms with Gasteiger partial charge in [0.1, 0.15) is 0 Å². The largest absolute Gasteiger partial charge is 0.418 e. The minimum Gasteiger partial charge on any atom is -0.369 e. The molecule has 0 radical (unpaired) electrons. The molecule has 6 heteroatoms. The van der Waals surface area contributed by atoms with Gasteiger partial charge in [-0.2, -0.15) is 13.2 Å². The SMILES string of the molecule is CCCNC1CCN(c2ccc(Cl)cc2C(F)(F)F)C1. The highest BCUT2D eigenvalue weighted by atomic mass is 35.5. The summed E-state index contributed by atoms with van der Waals surface area (Å²) in [6.45, 7) is 4.20. The molecule has 1 aliphatic heterocycles. The van der Waals surface area contributed by atoms with Crippen LogP contribution in [0.4, 0.5) is 18.9 Å². The van der Waals surface area contributed by atoms with Gasteiger partial charge in [-0.05, 0) is 37.6 Å². The van der Waals surface area contributed by atoms with Crippen LogP contribution in [0, 0.1) is 0 Å². The Morgan fingerprint density at radius 3 is 2.80 bits per heavy atom. The van der Waals surface area contributed by atoms with Crippen LogP contribution < -0.4 is 10.2 Å². The molecule has 20 heavy (non-hydrogen) atoms. The summed E-state index contributed by atoms with van der Waals surface area (Å²) in [5.41, 5.74) is -0.427. The van der Waals surface area contributed by atoms with E-state index < -0.39 is 11.7 Å². The average molecular weight is 307 g/mol. The Bertz CT molecular complexity index is 462. The van der Waals surface area contributed by atoms with Crippen molar-refractivity contribution in [2.45, 2.75) is 32.0 Å². The van der Waals surface area contributed by atoms with E-state index in [4.69, 9.17) is 11.6 Å². The zero-order valence-electron chi connectivity index (χ0n) is 11.3. The Morgan fingerprint density at radius 2 is 2.15 bits per heavy atom. The lowest BCUT2D eigenvalue weighted by Gasteiger charge is -2.23. The second-order valence-electron chi connectivity index (χ2n) is 5.04. The van der Waals surface area contributed by atoms with Gasteiger partial charge in [0.15, 0.2) is 0 Å². The molecular formula is C14H18ClF3N2. The van der Waals surface area contributed by atoms with Crippen molar-refractivity contribution in [2.75, 3.05) is 24.5 Å². The highest BCUT2D eigenvalue weighted by molar-refractivity contribution is 6.30. The highest BCUT2D eigenvalue weighted by Gasteiger charge is 2.36. The first kappa shape index (κ1) is 15.4. The number of benzene rings is 1. The summed E-state index contributed by atoms with van der Waals surface area (Å²) in [5, 5.41) is 3.46. The van der Waals surface area contributed by atoms with Crippen molar-refractivity contribution in [1.29, 1.82) is 0 Å². The molecule has 0 aliphatic carbocycles. The zero-order valence-corrected chi connectivity index (χ0v) is 12.1. The van der Waals surface area contributed by atoms with Gasteiger partial charge in [0.25, 0.3) is 0 Å². The van der Waals surface area contributed by atoms with Crippen molar-refractivity contribution in [3.05, 3.63) is 28.8 Å². The quantitative estimate of drug-likeness (QED) is 0.906. The Morgan fingerprint density at radius 1 is 1.40 bits per heavy atom. The van der Waals surface area contributed by atoms with Gasteiger partial charge < -0.3 is 10.2 Å². The molecule has 1 unspecified atom stereocenters. The van der Waals surface area contributed by atoms with E-state index in [0.717, 1.165) is 25.5 Å². The summed E-state index contributed by atoms with van der Waals surface area (Å²) >= 11 is 5.70. The van der Waals surface area contributed by atoms with E-state index in [1.165, 1.54) is 12.1 Å². The molecule has 0 saturated carbocycles. The van der Waals surface area contributed by atoms with Gasteiger partial charge in [-0.1, -0.05) is 18.5 Å². The predicted octanol–water partition coefficient (Wildman–Crippen LogP) is 3.94. The molecule has 0 amide bonds. The van der Waals surface area contributed by atoms with Crippen LogP contribution in [-0.4, -0.2) is 25.7 Å². The van der Waals surface area contributed by atoms with E-state index in [-0.39, 0.29) is 16.8 Å². The van der Waals surface area contributed by atoms with Gasteiger partial charge in [-0.15, -0.1) is 0 Å². The number of hydrogen-bond donors (Lipinski definition) is 1. The fourth-order valence-corrected chi connectivity index (χ4v) is 2.68. The first-order valence-electron chi connectivity index (χ1n) is 6.77. The molecule has 0 spiro atoms. The first-order chi connectivity index (χ1) is 9.41. The van der Waals surface area contributed by atoms with Crippen LogP contribution in [0.2, 0.25) is 5.02 Å². The molecule has 1 aromatic carbocycles. The number of nitrogens with zero attached hydrogens (tertiary/aromatic N) is 1. The minimum atomic E-state index is -4.38.